The summed E-state index contributed by atoms with van der Waals surface area (Å²) in [4.78, 5) is 33.6. The number of hydrogen-bond donors (Lipinski definition) is 3. The number of carbonyl (C=O) groups excluding carboxylic acids is 1. The number of anilines is 2. The van der Waals surface area contributed by atoms with Gasteiger partial charge in [0.15, 0.2) is 0 Å². The van der Waals surface area contributed by atoms with Crippen molar-refractivity contribution in [3.05, 3.63) is 81.7 Å². The predicted octanol–water partition coefficient (Wildman–Crippen LogP) is 1.81. The van der Waals surface area contributed by atoms with E-state index >= 15 is 0 Å². The maximum Gasteiger partial charge on any atom is 0.277 e. The average Bonchev–Trinajstić information content (AvgIpc) is 2.73. The van der Waals surface area contributed by atoms with Gasteiger partial charge in [-0.25, -0.2) is 9.97 Å². The molecule has 1 amide bonds. The molecule has 0 atom stereocenters. The van der Waals surface area contributed by atoms with E-state index in [0.717, 1.165) is 17.7 Å². The van der Waals surface area contributed by atoms with Crippen LogP contribution in [0.3, 0.4) is 0 Å². The molecule has 0 fully saturated rings. The van der Waals surface area contributed by atoms with E-state index in [-0.39, 0.29) is 18.0 Å². The van der Waals surface area contributed by atoms with Crippen molar-refractivity contribution >= 4 is 17.4 Å². The highest BCUT2D eigenvalue weighted by atomic mass is 16.2. The molecule has 8 heteroatoms. The van der Waals surface area contributed by atoms with Crippen LogP contribution in [-0.4, -0.2) is 27.0 Å². The van der Waals surface area contributed by atoms with Crippen molar-refractivity contribution in [2.75, 3.05) is 17.6 Å². The van der Waals surface area contributed by atoms with Gasteiger partial charge in [0, 0.05) is 18.8 Å². The lowest BCUT2D eigenvalue weighted by atomic mass is 10.1. The lowest BCUT2D eigenvalue weighted by Gasteiger charge is -2.13. The molecule has 3 rings (SSSR count). The number of nitrogens with zero attached hydrogens (tertiary/aromatic N) is 3. The molecular formula is C22H26N6O2. The predicted molar refractivity (Wildman–Crippen MR) is 117 cm³/mol. The maximum absolute atomic E-state index is 12.8. The number of benzene rings is 1. The number of nitrogens with one attached hydrogen (secondary N) is 2. The molecule has 1 aromatic carbocycles. The lowest BCUT2D eigenvalue weighted by Crippen LogP contribution is -2.34. The van der Waals surface area contributed by atoms with E-state index in [2.05, 4.69) is 20.6 Å². The normalized spacial score (nSPS) is 10.6. The summed E-state index contributed by atoms with van der Waals surface area (Å²) < 4.78 is 1.37. The molecule has 0 radical (unpaired) electrons. The molecule has 0 aliphatic rings. The summed E-state index contributed by atoms with van der Waals surface area (Å²) in [5.74, 6) is 0.640. The van der Waals surface area contributed by atoms with Crippen LogP contribution < -0.4 is 21.9 Å². The van der Waals surface area contributed by atoms with Crippen LogP contribution in [0, 0.1) is 13.8 Å². The van der Waals surface area contributed by atoms with E-state index in [9.17, 15) is 9.59 Å². The molecule has 0 aliphatic carbocycles. The Labute approximate surface area is 175 Å². The first-order chi connectivity index (χ1) is 14.4. The second kappa shape index (κ2) is 9.69. The number of nitrogens with two attached hydrogens (primary N) is 1. The van der Waals surface area contributed by atoms with Crippen LogP contribution in [0.25, 0.3) is 0 Å². The summed E-state index contributed by atoms with van der Waals surface area (Å²) >= 11 is 0. The summed E-state index contributed by atoms with van der Waals surface area (Å²) in [5.41, 5.74) is 8.57. The van der Waals surface area contributed by atoms with Crippen molar-refractivity contribution in [3.8, 4) is 0 Å². The number of aromatic nitrogens is 3. The molecule has 0 bridgehead atoms. The van der Waals surface area contributed by atoms with Crippen LogP contribution in [0.1, 0.15) is 22.6 Å². The quantitative estimate of drug-likeness (QED) is 0.526. The Morgan fingerprint density at radius 3 is 2.63 bits per heavy atom. The Morgan fingerprint density at radius 2 is 1.90 bits per heavy atom. The third-order valence-electron chi connectivity index (χ3n) is 4.81. The second-order valence-corrected chi connectivity index (χ2v) is 7.03. The number of hydrogen-bond acceptors (Lipinski definition) is 6. The van der Waals surface area contributed by atoms with E-state index in [1.165, 1.54) is 16.3 Å². The Hall–Kier alpha value is -3.68. The SMILES string of the molecule is Cc1nc(N)ccc1CNC(=O)Cn1c(C)ncc(NCCc2ccccc2)c1=O. The average molecular weight is 406 g/mol. The van der Waals surface area contributed by atoms with Gasteiger partial charge in [0.25, 0.3) is 5.56 Å². The third kappa shape index (κ3) is 5.44. The summed E-state index contributed by atoms with van der Waals surface area (Å²) in [7, 11) is 0. The lowest BCUT2D eigenvalue weighted by molar-refractivity contribution is -0.121. The Balaban J connectivity index is 1.61. The zero-order valence-corrected chi connectivity index (χ0v) is 17.2. The van der Waals surface area contributed by atoms with Crippen LogP contribution in [0.2, 0.25) is 0 Å². The zero-order chi connectivity index (χ0) is 21.5. The molecule has 0 saturated carbocycles. The molecule has 0 spiro atoms. The van der Waals surface area contributed by atoms with Gasteiger partial charge in [-0.3, -0.25) is 14.2 Å². The van der Waals surface area contributed by atoms with Gasteiger partial charge < -0.3 is 16.4 Å². The number of amides is 1. The van der Waals surface area contributed by atoms with Crippen molar-refractivity contribution in [2.24, 2.45) is 0 Å². The molecule has 30 heavy (non-hydrogen) atoms. The van der Waals surface area contributed by atoms with Crippen molar-refractivity contribution < 1.29 is 4.79 Å². The molecule has 3 aromatic rings. The van der Waals surface area contributed by atoms with E-state index in [1.54, 1.807) is 13.0 Å². The highest BCUT2D eigenvalue weighted by molar-refractivity contribution is 5.75. The monoisotopic (exact) mass is 406 g/mol. The molecule has 0 unspecified atom stereocenters. The summed E-state index contributed by atoms with van der Waals surface area (Å²) in [5, 5.41) is 5.94. The van der Waals surface area contributed by atoms with Crippen molar-refractivity contribution in [1.82, 2.24) is 19.9 Å². The van der Waals surface area contributed by atoms with Gasteiger partial charge in [-0.15, -0.1) is 0 Å². The minimum absolute atomic E-state index is 0.104. The fraction of sp³-hybridized carbons (Fsp3) is 0.273. The van der Waals surface area contributed by atoms with Crippen LogP contribution >= 0.6 is 0 Å². The van der Waals surface area contributed by atoms with Gasteiger partial charge in [-0.1, -0.05) is 36.4 Å². The van der Waals surface area contributed by atoms with Gasteiger partial charge in [-0.05, 0) is 37.5 Å². The standard InChI is InChI=1S/C22H26N6O2/c1-15-18(8-9-20(23)27-15)12-26-21(29)14-28-16(2)25-13-19(22(28)30)24-11-10-17-6-4-3-5-7-17/h3-9,13,24H,10-12,14H2,1-2H3,(H2,23,27)(H,26,29). The highest BCUT2D eigenvalue weighted by Crippen LogP contribution is 2.08. The fourth-order valence-electron chi connectivity index (χ4n) is 3.06. The Kier molecular flexibility index (Phi) is 6.79. The van der Waals surface area contributed by atoms with Crippen LogP contribution in [0.15, 0.2) is 53.5 Å². The largest absolute Gasteiger partial charge is 0.384 e. The van der Waals surface area contributed by atoms with E-state index in [4.69, 9.17) is 5.73 Å². The first-order valence-corrected chi connectivity index (χ1v) is 9.77. The number of nitrogen functional groups attached to an aromatic ring is 1. The fourth-order valence-corrected chi connectivity index (χ4v) is 3.06. The Morgan fingerprint density at radius 1 is 1.13 bits per heavy atom. The molecule has 156 valence electrons. The summed E-state index contributed by atoms with van der Waals surface area (Å²) in [6.45, 7) is 4.35. The number of pyridine rings is 1. The van der Waals surface area contributed by atoms with E-state index in [1.807, 2.05) is 43.3 Å². The molecule has 4 N–H and O–H groups in total. The summed E-state index contributed by atoms with van der Waals surface area (Å²) in [6.07, 6.45) is 2.30. The molecular weight excluding hydrogens is 380 g/mol. The number of aryl methyl sites for hydroxylation is 2. The third-order valence-corrected chi connectivity index (χ3v) is 4.81. The van der Waals surface area contributed by atoms with Gasteiger partial charge in [0.2, 0.25) is 5.91 Å². The van der Waals surface area contributed by atoms with Gasteiger partial charge in [0.05, 0.1) is 6.20 Å². The molecule has 0 aliphatic heterocycles. The zero-order valence-electron chi connectivity index (χ0n) is 17.2. The van der Waals surface area contributed by atoms with Gasteiger partial charge in [0.1, 0.15) is 23.9 Å². The molecule has 0 saturated heterocycles. The first-order valence-electron chi connectivity index (χ1n) is 9.77. The molecule has 8 nitrogen and oxygen atoms in total. The van der Waals surface area contributed by atoms with Crippen LogP contribution in [0.5, 0.6) is 0 Å². The maximum atomic E-state index is 12.8. The second-order valence-electron chi connectivity index (χ2n) is 7.03. The van der Waals surface area contributed by atoms with E-state index in [0.29, 0.717) is 30.4 Å². The minimum atomic E-state index is -0.278. The van der Waals surface area contributed by atoms with E-state index < -0.39 is 0 Å². The van der Waals surface area contributed by atoms with Crippen molar-refractivity contribution in [2.45, 2.75) is 33.4 Å². The minimum Gasteiger partial charge on any atom is -0.384 e. The highest BCUT2D eigenvalue weighted by Gasteiger charge is 2.12. The Bertz CT molecular complexity index is 1080. The molecule has 2 aromatic heterocycles. The number of rotatable bonds is 8. The first kappa shape index (κ1) is 21.0. The van der Waals surface area contributed by atoms with Gasteiger partial charge >= 0.3 is 0 Å². The smallest absolute Gasteiger partial charge is 0.277 e. The number of carbonyl (C=O) groups is 1. The van der Waals surface area contributed by atoms with Gasteiger partial charge in [-0.2, -0.15) is 0 Å². The van der Waals surface area contributed by atoms with Crippen molar-refractivity contribution in [3.63, 3.8) is 0 Å². The van der Waals surface area contributed by atoms with Crippen molar-refractivity contribution in [1.29, 1.82) is 0 Å². The van der Waals surface area contributed by atoms with Crippen LogP contribution in [-0.2, 0) is 24.3 Å². The molecule has 2 heterocycles. The topological polar surface area (TPSA) is 115 Å². The van der Waals surface area contributed by atoms with Crippen LogP contribution in [0.4, 0.5) is 11.5 Å². The summed E-state index contributed by atoms with van der Waals surface area (Å²) in [6, 6.07) is 13.5.